The Hall–Kier alpha value is -1.07. The summed E-state index contributed by atoms with van der Waals surface area (Å²) in [5.41, 5.74) is 3.56. The molecule has 3 rings (SSSR count). The van der Waals surface area contributed by atoms with E-state index in [0.29, 0.717) is 0 Å². The van der Waals surface area contributed by atoms with Gasteiger partial charge in [0, 0.05) is 37.7 Å². The number of imidazole rings is 1. The van der Waals surface area contributed by atoms with Gasteiger partial charge in [-0.15, -0.1) is 0 Å². The van der Waals surface area contributed by atoms with Gasteiger partial charge < -0.3 is 14.8 Å². The largest absolute Gasteiger partial charge is 0.340 e. The highest BCUT2D eigenvalue weighted by atomic mass is 79.9. The van der Waals surface area contributed by atoms with Gasteiger partial charge in [0.25, 0.3) is 0 Å². The first-order valence-electron chi connectivity index (χ1n) is 6.25. The predicted octanol–water partition coefficient (Wildman–Crippen LogP) is 2.05. The van der Waals surface area contributed by atoms with E-state index in [2.05, 4.69) is 56.8 Å². The summed E-state index contributed by atoms with van der Waals surface area (Å²) in [5.74, 6) is 1.08. The van der Waals surface area contributed by atoms with Gasteiger partial charge in [-0.1, -0.05) is 15.9 Å². The van der Waals surface area contributed by atoms with Crippen LogP contribution in [0.15, 0.2) is 16.6 Å². The summed E-state index contributed by atoms with van der Waals surface area (Å²) in [7, 11) is 2.10. The highest BCUT2D eigenvalue weighted by molar-refractivity contribution is 9.10. The number of fused-ring (bicyclic) bond motifs is 1. The molecule has 1 aliphatic rings. The minimum absolute atomic E-state index is 1.03. The molecule has 0 atom stereocenters. The summed E-state index contributed by atoms with van der Waals surface area (Å²) < 4.78 is 3.31. The minimum atomic E-state index is 1.03. The Labute approximate surface area is 115 Å². The van der Waals surface area contributed by atoms with Crippen molar-refractivity contribution in [2.45, 2.75) is 6.92 Å². The third-order valence-corrected chi connectivity index (χ3v) is 3.96. The van der Waals surface area contributed by atoms with E-state index in [9.17, 15) is 0 Å². The van der Waals surface area contributed by atoms with Crippen molar-refractivity contribution < 1.29 is 0 Å². The lowest BCUT2D eigenvalue weighted by Crippen LogP contribution is -2.44. The molecule has 0 radical (unpaired) electrons. The van der Waals surface area contributed by atoms with Gasteiger partial charge in [-0.2, -0.15) is 0 Å². The summed E-state index contributed by atoms with van der Waals surface area (Å²) in [5, 5.41) is 3.37. The molecule has 2 heterocycles. The van der Waals surface area contributed by atoms with Crippen molar-refractivity contribution in [3.63, 3.8) is 0 Å². The van der Waals surface area contributed by atoms with Crippen molar-refractivity contribution in [3.05, 3.63) is 22.2 Å². The summed E-state index contributed by atoms with van der Waals surface area (Å²) in [6.07, 6.45) is 0. The molecule has 2 aromatic rings. The molecule has 0 bridgehead atoms. The van der Waals surface area contributed by atoms with Crippen LogP contribution in [0.2, 0.25) is 0 Å². The van der Waals surface area contributed by atoms with Crippen LogP contribution >= 0.6 is 15.9 Å². The molecule has 96 valence electrons. The van der Waals surface area contributed by atoms with Gasteiger partial charge in [0.1, 0.15) is 0 Å². The Morgan fingerprint density at radius 2 is 2.00 bits per heavy atom. The van der Waals surface area contributed by atoms with E-state index < -0.39 is 0 Å². The van der Waals surface area contributed by atoms with Crippen molar-refractivity contribution >= 4 is 32.9 Å². The maximum absolute atomic E-state index is 4.79. The zero-order chi connectivity index (χ0) is 12.7. The molecule has 4 nitrogen and oxygen atoms in total. The van der Waals surface area contributed by atoms with Gasteiger partial charge in [0.15, 0.2) is 0 Å². The molecule has 0 saturated carbocycles. The molecule has 1 aromatic carbocycles. The van der Waals surface area contributed by atoms with E-state index >= 15 is 0 Å². The highest BCUT2D eigenvalue weighted by Crippen LogP contribution is 2.27. The van der Waals surface area contributed by atoms with Crippen LogP contribution in [-0.4, -0.2) is 35.7 Å². The van der Waals surface area contributed by atoms with Crippen LogP contribution in [0.3, 0.4) is 0 Å². The second kappa shape index (κ2) is 4.55. The number of rotatable bonds is 1. The molecule has 0 unspecified atom stereocenters. The molecule has 1 N–H and O–H groups in total. The van der Waals surface area contributed by atoms with E-state index in [0.717, 1.165) is 42.1 Å². The molecule has 1 saturated heterocycles. The summed E-state index contributed by atoms with van der Waals surface area (Å²) in [4.78, 5) is 7.14. The summed E-state index contributed by atoms with van der Waals surface area (Å²) in [6, 6.07) is 4.24. The Morgan fingerprint density at radius 1 is 1.28 bits per heavy atom. The Kier molecular flexibility index (Phi) is 3.03. The van der Waals surface area contributed by atoms with Crippen LogP contribution in [0.4, 0.5) is 5.95 Å². The molecular weight excluding hydrogens is 292 g/mol. The van der Waals surface area contributed by atoms with Crippen LogP contribution in [-0.2, 0) is 7.05 Å². The third-order valence-electron chi connectivity index (χ3n) is 3.50. The molecule has 0 spiro atoms. The first kappa shape index (κ1) is 12.0. The van der Waals surface area contributed by atoms with Crippen molar-refractivity contribution in [1.82, 2.24) is 14.9 Å². The number of piperazine rings is 1. The third kappa shape index (κ3) is 1.91. The molecule has 5 heteroatoms. The minimum Gasteiger partial charge on any atom is -0.340 e. The highest BCUT2D eigenvalue weighted by Gasteiger charge is 2.18. The standard InChI is InChI=1S/C13H17BrN4/c1-9-7-10(14)8-11-12(9)17(2)13(16-11)18-5-3-15-4-6-18/h7-8,15H,3-6H2,1-2H3. The zero-order valence-corrected chi connectivity index (χ0v) is 12.3. The average molecular weight is 309 g/mol. The topological polar surface area (TPSA) is 33.1 Å². The van der Waals surface area contributed by atoms with Gasteiger partial charge in [-0.05, 0) is 24.6 Å². The molecular formula is C13H17BrN4. The van der Waals surface area contributed by atoms with Crippen LogP contribution in [0.1, 0.15) is 5.56 Å². The number of nitrogens with zero attached hydrogens (tertiary/aromatic N) is 3. The summed E-state index contributed by atoms with van der Waals surface area (Å²) >= 11 is 3.54. The fourth-order valence-corrected chi connectivity index (χ4v) is 3.23. The predicted molar refractivity (Wildman–Crippen MR) is 78.2 cm³/mol. The smallest absolute Gasteiger partial charge is 0.206 e. The van der Waals surface area contributed by atoms with Gasteiger partial charge in [0.05, 0.1) is 11.0 Å². The summed E-state index contributed by atoms with van der Waals surface area (Å²) in [6.45, 7) is 6.25. The number of hydrogen-bond acceptors (Lipinski definition) is 3. The lowest BCUT2D eigenvalue weighted by molar-refractivity contribution is 0.575. The van der Waals surface area contributed by atoms with Gasteiger partial charge in [0.2, 0.25) is 5.95 Å². The van der Waals surface area contributed by atoms with Gasteiger partial charge in [-0.25, -0.2) is 4.98 Å². The van der Waals surface area contributed by atoms with E-state index in [1.54, 1.807) is 0 Å². The monoisotopic (exact) mass is 308 g/mol. The molecule has 1 aliphatic heterocycles. The van der Waals surface area contributed by atoms with Crippen molar-refractivity contribution in [3.8, 4) is 0 Å². The first-order valence-corrected chi connectivity index (χ1v) is 7.04. The van der Waals surface area contributed by atoms with Crippen LogP contribution in [0.5, 0.6) is 0 Å². The second-order valence-corrected chi connectivity index (χ2v) is 5.71. The SMILES string of the molecule is Cc1cc(Br)cc2nc(N3CCNCC3)n(C)c12. The van der Waals surface area contributed by atoms with Crippen LogP contribution in [0, 0.1) is 6.92 Å². The number of nitrogens with one attached hydrogen (secondary N) is 1. The van der Waals surface area contributed by atoms with Crippen molar-refractivity contribution in [2.75, 3.05) is 31.1 Å². The number of aryl methyl sites for hydroxylation is 2. The van der Waals surface area contributed by atoms with Crippen LogP contribution in [0.25, 0.3) is 11.0 Å². The number of benzene rings is 1. The lowest BCUT2D eigenvalue weighted by atomic mass is 10.2. The Morgan fingerprint density at radius 3 is 2.72 bits per heavy atom. The van der Waals surface area contributed by atoms with Gasteiger partial charge >= 0.3 is 0 Å². The Balaban J connectivity index is 2.13. The second-order valence-electron chi connectivity index (χ2n) is 4.80. The fourth-order valence-electron chi connectivity index (χ4n) is 2.67. The van der Waals surface area contributed by atoms with E-state index in [4.69, 9.17) is 4.98 Å². The zero-order valence-electron chi connectivity index (χ0n) is 10.7. The Bertz CT molecular complexity index is 584. The number of aromatic nitrogens is 2. The normalized spacial score (nSPS) is 16.5. The fraction of sp³-hybridized carbons (Fsp3) is 0.462. The van der Waals surface area contributed by atoms with E-state index in [-0.39, 0.29) is 0 Å². The van der Waals surface area contributed by atoms with Crippen molar-refractivity contribution in [2.24, 2.45) is 7.05 Å². The van der Waals surface area contributed by atoms with E-state index in [1.807, 2.05) is 0 Å². The van der Waals surface area contributed by atoms with Crippen LogP contribution < -0.4 is 10.2 Å². The molecule has 1 aromatic heterocycles. The maximum Gasteiger partial charge on any atom is 0.206 e. The molecule has 18 heavy (non-hydrogen) atoms. The average Bonchev–Trinajstić information content (AvgIpc) is 2.67. The molecule has 0 amide bonds. The van der Waals surface area contributed by atoms with E-state index in [1.165, 1.54) is 11.1 Å². The van der Waals surface area contributed by atoms with Gasteiger partial charge in [-0.3, -0.25) is 0 Å². The molecule has 0 aliphatic carbocycles. The van der Waals surface area contributed by atoms with Crippen molar-refractivity contribution in [1.29, 1.82) is 0 Å². The number of halogens is 1. The first-order chi connectivity index (χ1) is 8.66. The maximum atomic E-state index is 4.79. The quantitative estimate of drug-likeness (QED) is 0.875. The number of anilines is 1. The lowest BCUT2D eigenvalue weighted by Gasteiger charge is -2.28. The molecule has 1 fully saturated rings. The number of hydrogen-bond donors (Lipinski definition) is 1.